The summed E-state index contributed by atoms with van der Waals surface area (Å²) in [6.45, 7) is 4.08. The van der Waals surface area contributed by atoms with Crippen LogP contribution in [-0.4, -0.2) is 38.3 Å². The zero-order valence-corrected chi connectivity index (χ0v) is 19.1. The van der Waals surface area contributed by atoms with Crippen molar-refractivity contribution in [1.29, 1.82) is 0 Å². The minimum atomic E-state index is -0.411. The largest absolute Gasteiger partial charge is 0.491 e. The Bertz CT molecular complexity index is 813. The van der Waals surface area contributed by atoms with E-state index in [9.17, 15) is 10.1 Å². The number of methoxy groups -OCH3 is 1. The van der Waals surface area contributed by atoms with Gasteiger partial charge in [-0.15, -0.1) is 24.0 Å². The second kappa shape index (κ2) is 12.9. The van der Waals surface area contributed by atoms with Gasteiger partial charge in [0.2, 0.25) is 0 Å². The van der Waals surface area contributed by atoms with E-state index >= 15 is 0 Å². The highest BCUT2D eigenvalue weighted by atomic mass is 127. The number of nitrogens with zero attached hydrogens (tertiary/aromatic N) is 2. The molecular formula is C20H27IN4O4. The monoisotopic (exact) mass is 514 g/mol. The van der Waals surface area contributed by atoms with Crippen molar-refractivity contribution >= 4 is 35.6 Å². The molecule has 0 bridgehead atoms. The zero-order valence-electron chi connectivity index (χ0n) is 16.8. The fraction of sp³-hybridized carbons (Fsp3) is 0.350. The maximum atomic E-state index is 10.7. The van der Waals surface area contributed by atoms with E-state index in [1.807, 2.05) is 25.1 Å². The summed E-state index contributed by atoms with van der Waals surface area (Å²) in [7, 11) is 3.33. The van der Waals surface area contributed by atoms with Gasteiger partial charge in [-0.25, -0.2) is 0 Å². The van der Waals surface area contributed by atoms with Crippen molar-refractivity contribution in [2.75, 3.05) is 27.4 Å². The number of halogens is 1. The normalized spacial score (nSPS) is 10.8. The molecule has 29 heavy (non-hydrogen) atoms. The second-order valence-electron chi connectivity index (χ2n) is 6.16. The molecule has 0 aromatic heterocycles. The lowest BCUT2D eigenvalue weighted by Gasteiger charge is -2.15. The van der Waals surface area contributed by atoms with Gasteiger partial charge in [-0.2, -0.15) is 0 Å². The number of nitro groups is 1. The predicted molar refractivity (Wildman–Crippen MR) is 124 cm³/mol. The standard InChI is InChI=1S/C20H26N4O4.HI/c1-15-4-7-17(19(12-15)28-11-10-27-3)14-23-20(21-2)22-13-16-5-8-18(9-6-16)24(25)26;/h4-9,12H,10-11,13-14H2,1-3H3,(H2,21,22,23);1H. The number of aryl methyl sites for hydroxylation is 1. The summed E-state index contributed by atoms with van der Waals surface area (Å²) in [5, 5.41) is 17.2. The van der Waals surface area contributed by atoms with Crippen molar-refractivity contribution in [2.24, 2.45) is 4.99 Å². The van der Waals surface area contributed by atoms with E-state index in [0.717, 1.165) is 22.4 Å². The molecule has 8 nitrogen and oxygen atoms in total. The smallest absolute Gasteiger partial charge is 0.269 e. The number of ether oxygens (including phenoxy) is 2. The number of rotatable bonds is 9. The number of hydrogen-bond acceptors (Lipinski definition) is 5. The Hall–Kier alpha value is -2.40. The molecule has 0 saturated carbocycles. The average Bonchev–Trinajstić information content (AvgIpc) is 2.70. The third-order valence-electron chi connectivity index (χ3n) is 4.04. The number of guanidine groups is 1. The molecule has 0 radical (unpaired) electrons. The summed E-state index contributed by atoms with van der Waals surface area (Å²) in [5.41, 5.74) is 3.14. The molecular weight excluding hydrogens is 487 g/mol. The van der Waals surface area contributed by atoms with Gasteiger partial charge in [-0.05, 0) is 24.1 Å². The number of hydrogen-bond donors (Lipinski definition) is 2. The highest BCUT2D eigenvalue weighted by molar-refractivity contribution is 14.0. The first-order valence-electron chi connectivity index (χ1n) is 8.92. The van der Waals surface area contributed by atoms with Crippen LogP contribution in [0.1, 0.15) is 16.7 Å². The van der Waals surface area contributed by atoms with Crippen LogP contribution in [0.25, 0.3) is 0 Å². The van der Waals surface area contributed by atoms with Gasteiger partial charge in [-0.1, -0.05) is 24.3 Å². The van der Waals surface area contributed by atoms with Crippen LogP contribution in [0.3, 0.4) is 0 Å². The van der Waals surface area contributed by atoms with Crippen LogP contribution in [0.2, 0.25) is 0 Å². The molecule has 0 amide bonds. The van der Waals surface area contributed by atoms with Crippen LogP contribution in [0, 0.1) is 17.0 Å². The van der Waals surface area contributed by atoms with E-state index in [0.29, 0.717) is 32.3 Å². The van der Waals surface area contributed by atoms with Crippen LogP contribution in [0.15, 0.2) is 47.5 Å². The van der Waals surface area contributed by atoms with Gasteiger partial charge in [0.25, 0.3) is 5.69 Å². The fourth-order valence-corrected chi connectivity index (χ4v) is 2.50. The lowest BCUT2D eigenvalue weighted by Crippen LogP contribution is -2.36. The second-order valence-corrected chi connectivity index (χ2v) is 6.16. The summed E-state index contributed by atoms with van der Waals surface area (Å²) in [4.78, 5) is 14.5. The Balaban J connectivity index is 0.00000420. The Morgan fingerprint density at radius 2 is 1.79 bits per heavy atom. The average molecular weight is 514 g/mol. The molecule has 158 valence electrons. The van der Waals surface area contributed by atoms with Gasteiger partial charge in [0, 0.05) is 44.9 Å². The lowest BCUT2D eigenvalue weighted by atomic mass is 10.1. The Kier molecular flexibility index (Phi) is 11.0. The summed E-state index contributed by atoms with van der Waals surface area (Å²) in [6.07, 6.45) is 0. The molecule has 0 fully saturated rings. The maximum absolute atomic E-state index is 10.7. The van der Waals surface area contributed by atoms with Gasteiger partial charge in [0.05, 0.1) is 11.5 Å². The highest BCUT2D eigenvalue weighted by Gasteiger charge is 2.07. The first-order valence-corrected chi connectivity index (χ1v) is 8.92. The molecule has 2 aromatic rings. The molecule has 0 aliphatic rings. The predicted octanol–water partition coefficient (Wildman–Crippen LogP) is 3.41. The van der Waals surface area contributed by atoms with Crippen LogP contribution in [-0.2, 0) is 17.8 Å². The van der Waals surface area contributed by atoms with Gasteiger partial charge in [0.15, 0.2) is 5.96 Å². The third-order valence-corrected chi connectivity index (χ3v) is 4.04. The third kappa shape index (κ3) is 8.24. The van der Waals surface area contributed by atoms with E-state index in [2.05, 4.69) is 15.6 Å². The summed E-state index contributed by atoms with van der Waals surface area (Å²) in [6, 6.07) is 12.5. The Labute approximate surface area is 187 Å². The molecule has 2 aromatic carbocycles. The van der Waals surface area contributed by atoms with Gasteiger partial charge in [0.1, 0.15) is 12.4 Å². The van der Waals surface area contributed by atoms with Crippen LogP contribution < -0.4 is 15.4 Å². The van der Waals surface area contributed by atoms with Crippen molar-refractivity contribution < 1.29 is 14.4 Å². The van der Waals surface area contributed by atoms with E-state index in [4.69, 9.17) is 9.47 Å². The molecule has 2 rings (SSSR count). The molecule has 0 unspecified atom stereocenters. The Morgan fingerprint density at radius 3 is 2.41 bits per heavy atom. The van der Waals surface area contributed by atoms with Gasteiger partial charge in [-0.3, -0.25) is 15.1 Å². The van der Waals surface area contributed by atoms with E-state index in [1.165, 1.54) is 12.1 Å². The molecule has 9 heteroatoms. The summed E-state index contributed by atoms with van der Waals surface area (Å²) < 4.78 is 10.8. The van der Waals surface area contributed by atoms with Crippen LogP contribution in [0.5, 0.6) is 5.75 Å². The van der Waals surface area contributed by atoms with Crippen molar-refractivity contribution in [3.05, 3.63) is 69.3 Å². The van der Waals surface area contributed by atoms with Crippen LogP contribution >= 0.6 is 24.0 Å². The van der Waals surface area contributed by atoms with Gasteiger partial charge < -0.3 is 20.1 Å². The minimum absolute atomic E-state index is 0. The first-order chi connectivity index (χ1) is 13.5. The topological polar surface area (TPSA) is 98.0 Å². The quantitative estimate of drug-likeness (QED) is 0.133. The summed E-state index contributed by atoms with van der Waals surface area (Å²) in [5.74, 6) is 1.44. The number of non-ortho nitro benzene ring substituents is 1. The molecule has 0 saturated heterocycles. The molecule has 0 aliphatic carbocycles. The number of benzene rings is 2. The number of nitro benzene ring substituents is 1. The molecule has 0 heterocycles. The summed E-state index contributed by atoms with van der Waals surface area (Å²) >= 11 is 0. The minimum Gasteiger partial charge on any atom is -0.491 e. The molecule has 2 N–H and O–H groups in total. The highest BCUT2D eigenvalue weighted by Crippen LogP contribution is 2.20. The maximum Gasteiger partial charge on any atom is 0.269 e. The first kappa shape index (κ1) is 24.6. The van der Waals surface area contributed by atoms with Crippen molar-refractivity contribution in [3.63, 3.8) is 0 Å². The van der Waals surface area contributed by atoms with Crippen molar-refractivity contribution in [3.8, 4) is 5.75 Å². The Morgan fingerprint density at radius 1 is 1.10 bits per heavy atom. The fourth-order valence-electron chi connectivity index (χ4n) is 2.50. The van der Waals surface area contributed by atoms with E-state index in [-0.39, 0.29) is 29.7 Å². The van der Waals surface area contributed by atoms with E-state index in [1.54, 1.807) is 26.3 Å². The molecule has 0 aliphatic heterocycles. The lowest BCUT2D eigenvalue weighted by molar-refractivity contribution is -0.384. The van der Waals surface area contributed by atoms with Crippen LogP contribution in [0.4, 0.5) is 5.69 Å². The van der Waals surface area contributed by atoms with Crippen molar-refractivity contribution in [2.45, 2.75) is 20.0 Å². The number of aliphatic imine (C=N–C) groups is 1. The molecule has 0 atom stereocenters. The molecule has 0 spiro atoms. The SMILES string of the molecule is CN=C(NCc1ccc([N+](=O)[O-])cc1)NCc1ccc(C)cc1OCCOC.I. The van der Waals surface area contributed by atoms with Gasteiger partial charge >= 0.3 is 0 Å². The van der Waals surface area contributed by atoms with E-state index < -0.39 is 4.92 Å². The zero-order chi connectivity index (χ0) is 20.4. The van der Waals surface area contributed by atoms with Crippen molar-refractivity contribution in [1.82, 2.24) is 10.6 Å². The number of nitrogens with one attached hydrogen (secondary N) is 2.